The number of carbonyl (C=O) groups excluding carboxylic acids is 2. The summed E-state index contributed by atoms with van der Waals surface area (Å²) in [5.74, 6) is -0.974. The van der Waals surface area contributed by atoms with Gasteiger partial charge in [-0.3, -0.25) is 9.78 Å². The second kappa shape index (κ2) is 9.94. The average molecular weight is 453 g/mol. The van der Waals surface area contributed by atoms with Crippen molar-refractivity contribution in [2.24, 2.45) is 0 Å². The van der Waals surface area contributed by atoms with E-state index in [0.29, 0.717) is 12.1 Å². The predicted octanol–water partition coefficient (Wildman–Crippen LogP) is 4.70. The Morgan fingerprint density at radius 3 is 2.50 bits per heavy atom. The fourth-order valence-electron chi connectivity index (χ4n) is 3.09. The van der Waals surface area contributed by atoms with E-state index in [9.17, 15) is 14.7 Å². The van der Waals surface area contributed by atoms with Crippen LogP contribution in [0, 0.1) is 0 Å². The molecule has 1 amide bonds. The van der Waals surface area contributed by atoms with Crippen molar-refractivity contribution < 1.29 is 19.4 Å². The Morgan fingerprint density at radius 2 is 1.81 bits per heavy atom. The standard InChI is InChI=1S/C25H25ClN2O4/c1-25(2,3)32-24(31)18-11-7-10-17(14-18)22(29)20-19(26)12-13-27-21(20)23(30)28-15-16-8-5-4-6-9-16/h4-14,22,29H,15H2,1-3H3,(H,28,30). The van der Waals surface area contributed by atoms with Crippen LogP contribution >= 0.6 is 11.6 Å². The summed E-state index contributed by atoms with van der Waals surface area (Å²) in [4.78, 5) is 29.4. The Balaban J connectivity index is 1.87. The number of aromatic nitrogens is 1. The third-order valence-electron chi connectivity index (χ3n) is 4.56. The van der Waals surface area contributed by atoms with Gasteiger partial charge in [0, 0.05) is 18.3 Å². The van der Waals surface area contributed by atoms with Crippen LogP contribution in [0.25, 0.3) is 0 Å². The number of hydrogen-bond acceptors (Lipinski definition) is 5. The van der Waals surface area contributed by atoms with Gasteiger partial charge in [0.15, 0.2) is 0 Å². The van der Waals surface area contributed by atoms with E-state index in [1.165, 1.54) is 18.3 Å². The molecule has 0 bridgehead atoms. The molecule has 3 rings (SSSR count). The van der Waals surface area contributed by atoms with Crippen LogP contribution in [0.2, 0.25) is 5.02 Å². The van der Waals surface area contributed by atoms with Gasteiger partial charge in [-0.15, -0.1) is 0 Å². The highest BCUT2D eigenvalue weighted by molar-refractivity contribution is 6.31. The van der Waals surface area contributed by atoms with Crippen molar-refractivity contribution in [1.29, 1.82) is 0 Å². The molecule has 0 radical (unpaired) electrons. The lowest BCUT2D eigenvalue weighted by Crippen LogP contribution is -2.26. The van der Waals surface area contributed by atoms with Crippen LogP contribution in [0.1, 0.15) is 64.4 Å². The van der Waals surface area contributed by atoms with Gasteiger partial charge in [0.1, 0.15) is 17.4 Å². The molecule has 2 aromatic carbocycles. The number of hydrogen-bond donors (Lipinski definition) is 2. The molecule has 7 heteroatoms. The molecule has 6 nitrogen and oxygen atoms in total. The minimum Gasteiger partial charge on any atom is -0.456 e. The fourth-order valence-corrected chi connectivity index (χ4v) is 3.34. The van der Waals surface area contributed by atoms with E-state index < -0.39 is 23.6 Å². The number of ether oxygens (including phenoxy) is 1. The Morgan fingerprint density at radius 1 is 1.09 bits per heavy atom. The molecule has 0 spiro atoms. The summed E-state index contributed by atoms with van der Waals surface area (Å²) in [6.07, 6.45) is 0.142. The van der Waals surface area contributed by atoms with Crippen LogP contribution in [0.5, 0.6) is 0 Å². The summed E-state index contributed by atoms with van der Waals surface area (Å²) in [5.41, 5.74) is 1.13. The number of halogens is 1. The van der Waals surface area contributed by atoms with E-state index in [2.05, 4.69) is 10.3 Å². The molecule has 32 heavy (non-hydrogen) atoms. The summed E-state index contributed by atoms with van der Waals surface area (Å²) in [6, 6.07) is 17.3. The lowest BCUT2D eigenvalue weighted by Gasteiger charge is -2.20. The lowest BCUT2D eigenvalue weighted by atomic mass is 9.98. The zero-order chi connectivity index (χ0) is 23.3. The highest BCUT2D eigenvalue weighted by atomic mass is 35.5. The van der Waals surface area contributed by atoms with Crippen LogP contribution in [-0.4, -0.2) is 27.6 Å². The molecule has 0 saturated heterocycles. The van der Waals surface area contributed by atoms with Crippen molar-refractivity contribution >= 4 is 23.5 Å². The zero-order valence-electron chi connectivity index (χ0n) is 18.1. The number of esters is 1. The van der Waals surface area contributed by atoms with Gasteiger partial charge >= 0.3 is 5.97 Å². The first-order valence-corrected chi connectivity index (χ1v) is 10.5. The van der Waals surface area contributed by atoms with Gasteiger partial charge in [-0.05, 0) is 50.1 Å². The highest BCUT2D eigenvalue weighted by Gasteiger charge is 2.25. The topological polar surface area (TPSA) is 88.5 Å². The van der Waals surface area contributed by atoms with Crippen molar-refractivity contribution in [1.82, 2.24) is 10.3 Å². The van der Waals surface area contributed by atoms with Crippen molar-refractivity contribution in [2.75, 3.05) is 0 Å². The molecule has 2 N–H and O–H groups in total. The third-order valence-corrected chi connectivity index (χ3v) is 4.89. The zero-order valence-corrected chi connectivity index (χ0v) is 18.9. The van der Waals surface area contributed by atoms with Gasteiger partial charge in [-0.2, -0.15) is 0 Å². The number of benzene rings is 2. The molecule has 0 fully saturated rings. The van der Waals surface area contributed by atoms with E-state index in [1.807, 2.05) is 30.3 Å². The summed E-state index contributed by atoms with van der Waals surface area (Å²) < 4.78 is 5.40. The van der Waals surface area contributed by atoms with Gasteiger partial charge in [0.25, 0.3) is 5.91 Å². The van der Waals surface area contributed by atoms with Crippen molar-refractivity contribution in [2.45, 2.75) is 39.0 Å². The van der Waals surface area contributed by atoms with Gasteiger partial charge in [-0.1, -0.05) is 54.1 Å². The van der Waals surface area contributed by atoms with Crippen LogP contribution < -0.4 is 5.32 Å². The SMILES string of the molecule is CC(C)(C)OC(=O)c1cccc(C(O)c2c(Cl)ccnc2C(=O)NCc2ccccc2)c1. The first-order valence-electron chi connectivity index (χ1n) is 10.1. The highest BCUT2D eigenvalue weighted by Crippen LogP contribution is 2.31. The normalized spacial score (nSPS) is 12.2. The molecule has 0 aliphatic heterocycles. The maximum atomic E-state index is 12.8. The van der Waals surface area contributed by atoms with Crippen molar-refractivity contribution in [3.8, 4) is 0 Å². The molecular formula is C25H25ClN2O4. The number of aliphatic hydroxyl groups excluding tert-OH is 1. The summed E-state index contributed by atoms with van der Waals surface area (Å²) in [5, 5.41) is 14.1. The third kappa shape index (κ3) is 5.93. The van der Waals surface area contributed by atoms with E-state index in [1.54, 1.807) is 39.0 Å². The Hall–Kier alpha value is -3.22. The monoisotopic (exact) mass is 452 g/mol. The summed E-state index contributed by atoms with van der Waals surface area (Å²) >= 11 is 6.35. The number of nitrogens with zero attached hydrogens (tertiary/aromatic N) is 1. The lowest BCUT2D eigenvalue weighted by molar-refractivity contribution is 0.00692. The summed E-state index contributed by atoms with van der Waals surface area (Å²) in [6.45, 7) is 5.63. The molecule has 3 aromatic rings. The van der Waals surface area contributed by atoms with Gasteiger partial charge in [-0.25, -0.2) is 4.79 Å². The first kappa shape index (κ1) is 23.4. The first-order chi connectivity index (χ1) is 15.2. The van der Waals surface area contributed by atoms with Gasteiger partial charge < -0.3 is 15.2 Å². The number of carbonyl (C=O) groups is 2. The maximum Gasteiger partial charge on any atom is 0.338 e. The smallest absolute Gasteiger partial charge is 0.338 e. The molecule has 1 atom stereocenters. The molecule has 166 valence electrons. The molecule has 1 unspecified atom stereocenters. The second-order valence-electron chi connectivity index (χ2n) is 8.25. The second-order valence-corrected chi connectivity index (χ2v) is 8.66. The number of nitrogens with one attached hydrogen (secondary N) is 1. The number of aliphatic hydroxyl groups is 1. The quantitative estimate of drug-likeness (QED) is 0.529. The van der Waals surface area contributed by atoms with Crippen molar-refractivity contribution in [3.05, 3.63) is 99.8 Å². The molecular weight excluding hydrogens is 428 g/mol. The van der Waals surface area contributed by atoms with E-state index in [4.69, 9.17) is 16.3 Å². The predicted molar refractivity (Wildman–Crippen MR) is 123 cm³/mol. The molecule has 0 aliphatic rings. The maximum absolute atomic E-state index is 12.8. The molecule has 0 aliphatic carbocycles. The van der Waals surface area contributed by atoms with E-state index in [0.717, 1.165) is 5.56 Å². The summed E-state index contributed by atoms with van der Waals surface area (Å²) in [7, 11) is 0. The van der Waals surface area contributed by atoms with Crippen LogP contribution in [0.3, 0.4) is 0 Å². The number of amides is 1. The Bertz CT molecular complexity index is 1110. The molecule has 0 saturated carbocycles. The minimum absolute atomic E-state index is 0.0172. The average Bonchev–Trinajstić information content (AvgIpc) is 2.76. The van der Waals surface area contributed by atoms with E-state index in [-0.39, 0.29) is 21.8 Å². The largest absolute Gasteiger partial charge is 0.456 e. The van der Waals surface area contributed by atoms with E-state index >= 15 is 0 Å². The number of rotatable bonds is 6. The van der Waals surface area contributed by atoms with Crippen LogP contribution in [0.15, 0.2) is 66.9 Å². The van der Waals surface area contributed by atoms with Gasteiger partial charge in [0.05, 0.1) is 10.6 Å². The minimum atomic E-state index is -1.27. The molecule has 1 aromatic heterocycles. The van der Waals surface area contributed by atoms with Crippen molar-refractivity contribution in [3.63, 3.8) is 0 Å². The Labute approximate surface area is 192 Å². The number of pyridine rings is 1. The fraction of sp³-hybridized carbons (Fsp3) is 0.240. The molecule has 1 heterocycles. The van der Waals surface area contributed by atoms with Crippen LogP contribution in [-0.2, 0) is 11.3 Å². The van der Waals surface area contributed by atoms with Gasteiger partial charge in [0.2, 0.25) is 0 Å². The van der Waals surface area contributed by atoms with Crippen LogP contribution in [0.4, 0.5) is 0 Å². The Kier molecular flexibility index (Phi) is 7.28.